The third-order valence-electron chi connectivity index (χ3n) is 3.98. The van der Waals surface area contributed by atoms with Gasteiger partial charge in [0.1, 0.15) is 5.75 Å². The average molecular weight is 317 g/mol. The predicted octanol–water partition coefficient (Wildman–Crippen LogP) is 2.51. The molecule has 5 nitrogen and oxygen atoms in total. The van der Waals surface area contributed by atoms with E-state index in [2.05, 4.69) is 6.92 Å². The van der Waals surface area contributed by atoms with Crippen LogP contribution in [-0.2, 0) is 14.3 Å². The largest absolute Gasteiger partial charge is 0.497 e. The fourth-order valence-electron chi connectivity index (χ4n) is 2.44. The fourth-order valence-corrected chi connectivity index (χ4v) is 2.44. The highest BCUT2D eigenvalue weighted by molar-refractivity contribution is 5.89. The number of benzene rings is 1. The molecule has 1 aliphatic heterocycles. The molecule has 1 aromatic rings. The Hall–Kier alpha value is -2.30. The molecular weight excluding hydrogens is 294 g/mol. The topological polar surface area (TPSA) is 55.8 Å². The van der Waals surface area contributed by atoms with Crippen molar-refractivity contribution >= 4 is 18.0 Å². The zero-order chi connectivity index (χ0) is 16.7. The number of hydrogen-bond donors (Lipinski definition) is 0. The van der Waals surface area contributed by atoms with Gasteiger partial charge < -0.3 is 14.4 Å². The molecule has 124 valence electrons. The molecular formula is C18H23NO4. The van der Waals surface area contributed by atoms with Crippen LogP contribution in [0.1, 0.15) is 25.3 Å². The number of likely N-dealkylation sites (tertiary alicyclic amines) is 1. The molecule has 1 saturated heterocycles. The van der Waals surface area contributed by atoms with Gasteiger partial charge in [0.05, 0.1) is 7.11 Å². The number of rotatable bonds is 5. The molecule has 0 radical (unpaired) electrons. The van der Waals surface area contributed by atoms with Gasteiger partial charge in [0, 0.05) is 19.2 Å². The molecule has 1 aromatic carbocycles. The Bertz CT molecular complexity index is 574. The van der Waals surface area contributed by atoms with Gasteiger partial charge in [-0.2, -0.15) is 0 Å². The first-order valence-corrected chi connectivity index (χ1v) is 7.85. The summed E-state index contributed by atoms with van der Waals surface area (Å²) >= 11 is 0. The van der Waals surface area contributed by atoms with Crippen LogP contribution in [-0.4, -0.2) is 43.6 Å². The molecule has 0 N–H and O–H groups in total. The average Bonchev–Trinajstić information content (AvgIpc) is 2.58. The lowest BCUT2D eigenvalue weighted by molar-refractivity contribution is -0.148. The van der Waals surface area contributed by atoms with Crippen molar-refractivity contribution in [2.75, 3.05) is 26.8 Å². The van der Waals surface area contributed by atoms with E-state index >= 15 is 0 Å². The van der Waals surface area contributed by atoms with Crippen molar-refractivity contribution in [1.82, 2.24) is 4.90 Å². The van der Waals surface area contributed by atoms with Crippen molar-refractivity contribution in [3.8, 4) is 5.75 Å². The molecule has 0 unspecified atom stereocenters. The third kappa shape index (κ3) is 5.43. The van der Waals surface area contributed by atoms with Crippen LogP contribution in [0.5, 0.6) is 5.75 Å². The molecule has 1 fully saturated rings. The Labute approximate surface area is 136 Å². The molecule has 0 aliphatic carbocycles. The summed E-state index contributed by atoms with van der Waals surface area (Å²) in [5, 5.41) is 0. The normalized spacial score (nSPS) is 15.7. The zero-order valence-corrected chi connectivity index (χ0v) is 13.7. The van der Waals surface area contributed by atoms with Crippen LogP contribution < -0.4 is 4.74 Å². The predicted molar refractivity (Wildman–Crippen MR) is 88.0 cm³/mol. The highest BCUT2D eigenvalue weighted by Crippen LogP contribution is 2.16. The summed E-state index contributed by atoms with van der Waals surface area (Å²) in [7, 11) is 1.59. The second-order valence-electron chi connectivity index (χ2n) is 5.78. The number of hydrogen-bond acceptors (Lipinski definition) is 4. The highest BCUT2D eigenvalue weighted by Gasteiger charge is 2.20. The molecule has 2 rings (SSSR count). The Kier molecular flexibility index (Phi) is 6.20. The minimum Gasteiger partial charge on any atom is -0.497 e. The molecule has 1 amide bonds. The van der Waals surface area contributed by atoms with Crippen molar-refractivity contribution in [2.24, 2.45) is 5.92 Å². The van der Waals surface area contributed by atoms with E-state index in [0.29, 0.717) is 5.92 Å². The number of ether oxygens (including phenoxy) is 2. The molecule has 23 heavy (non-hydrogen) atoms. The first-order chi connectivity index (χ1) is 11.1. The van der Waals surface area contributed by atoms with Crippen LogP contribution in [0.3, 0.4) is 0 Å². The summed E-state index contributed by atoms with van der Waals surface area (Å²) < 4.78 is 10.1. The van der Waals surface area contributed by atoms with E-state index in [1.807, 2.05) is 24.3 Å². The lowest BCUT2D eigenvalue weighted by Crippen LogP contribution is -2.40. The first-order valence-electron chi connectivity index (χ1n) is 7.85. The number of piperidine rings is 1. The third-order valence-corrected chi connectivity index (χ3v) is 3.98. The van der Waals surface area contributed by atoms with Crippen LogP contribution in [0.4, 0.5) is 0 Å². The highest BCUT2D eigenvalue weighted by atomic mass is 16.5. The number of amides is 1. The Morgan fingerprint density at radius 2 is 2.04 bits per heavy atom. The Balaban J connectivity index is 1.78. The van der Waals surface area contributed by atoms with Crippen molar-refractivity contribution in [2.45, 2.75) is 19.8 Å². The molecule has 0 saturated carbocycles. The smallest absolute Gasteiger partial charge is 0.331 e. The molecule has 5 heteroatoms. The van der Waals surface area contributed by atoms with E-state index in [-0.39, 0.29) is 12.5 Å². The molecule has 0 atom stereocenters. The number of carbonyl (C=O) groups excluding carboxylic acids is 2. The van der Waals surface area contributed by atoms with Gasteiger partial charge in [-0.3, -0.25) is 4.79 Å². The van der Waals surface area contributed by atoms with Gasteiger partial charge >= 0.3 is 5.97 Å². The second kappa shape index (κ2) is 8.36. The molecule has 1 heterocycles. The maximum Gasteiger partial charge on any atom is 0.331 e. The lowest BCUT2D eigenvalue weighted by atomic mass is 9.99. The molecule has 0 bridgehead atoms. The SMILES string of the molecule is COc1cccc(C=CC(=O)OCC(=O)N2CCC(C)CC2)c1. The summed E-state index contributed by atoms with van der Waals surface area (Å²) in [4.78, 5) is 25.4. The molecule has 1 aliphatic rings. The minimum atomic E-state index is -0.522. The maximum atomic E-state index is 12.0. The Morgan fingerprint density at radius 1 is 1.30 bits per heavy atom. The van der Waals surface area contributed by atoms with Gasteiger partial charge in [-0.15, -0.1) is 0 Å². The quantitative estimate of drug-likeness (QED) is 0.618. The van der Waals surface area contributed by atoms with Gasteiger partial charge in [-0.1, -0.05) is 19.1 Å². The molecule has 0 spiro atoms. The summed E-state index contributed by atoms with van der Waals surface area (Å²) in [6.45, 7) is 3.48. The number of carbonyl (C=O) groups is 2. The van der Waals surface area contributed by atoms with E-state index < -0.39 is 5.97 Å². The van der Waals surface area contributed by atoms with E-state index in [1.54, 1.807) is 18.1 Å². The van der Waals surface area contributed by atoms with E-state index in [0.717, 1.165) is 37.2 Å². The fraction of sp³-hybridized carbons (Fsp3) is 0.444. The van der Waals surface area contributed by atoms with E-state index in [1.165, 1.54) is 6.08 Å². The van der Waals surface area contributed by atoms with Gasteiger partial charge in [0.2, 0.25) is 0 Å². The lowest BCUT2D eigenvalue weighted by Gasteiger charge is -2.30. The van der Waals surface area contributed by atoms with Crippen molar-refractivity contribution in [3.05, 3.63) is 35.9 Å². The standard InChI is InChI=1S/C18H23NO4/c1-14-8-10-19(11-9-14)17(20)13-23-18(21)7-6-15-4-3-5-16(12-15)22-2/h3-7,12,14H,8-11,13H2,1-2H3. The van der Waals surface area contributed by atoms with Gasteiger partial charge in [-0.25, -0.2) is 4.79 Å². The second-order valence-corrected chi connectivity index (χ2v) is 5.78. The van der Waals surface area contributed by atoms with Crippen molar-refractivity contribution in [1.29, 1.82) is 0 Å². The van der Waals surface area contributed by atoms with Crippen LogP contribution in [0.15, 0.2) is 30.3 Å². The van der Waals surface area contributed by atoms with Gasteiger partial charge in [0.25, 0.3) is 5.91 Å². The van der Waals surface area contributed by atoms with Crippen molar-refractivity contribution < 1.29 is 19.1 Å². The van der Waals surface area contributed by atoms with Crippen molar-refractivity contribution in [3.63, 3.8) is 0 Å². The summed E-state index contributed by atoms with van der Waals surface area (Å²) in [5.41, 5.74) is 0.831. The van der Waals surface area contributed by atoms with E-state index in [4.69, 9.17) is 9.47 Å². The van der Waals surface area contributed by atoms with Crippen LogP contribution in [0.25, 0.3) is 6.08 Å². The maximum absolute atomic E-state index is 12.0. The number of nitrogens with zero attached hydrogens (tertiary/aromatic N) is 1. The Morgan fingerprint density at radius 3 is 2.74 bits per heavy atom. The van der Waals surface area contributed by atoms with Crippen LogP contribution >= 0.6 is 0 Å². The summed E-state index contributed by atoms with van der Waals surface area (Å²) in [6.07, 6.45) is 4.98. The number of esters is 1. The summed E-state index contributed by atoms with van der Waals surface area (Å²) in [5.74, 6) is 0.731. The minimum absolute atomic E-state index is 0.125. The van der Waals surface area contributed by atoms with Crippen LogP contribution in [0.2, 0.25) is 0 Å². The molecule has 0 aromatic heterocycles. The van der Waals surface area contributed by atoms with Crippen LogP contribution in [0, 0.1) is 5.92 Å². The van der Waals surface area contributed by atoms with Gasteiger partial charge in [0.15, 0.2) is 6.61 Å². The van der Waals surface area contributed by atoms with E-state index in [9.17, 15) is 9.59 Å². The zero-order valence-electron chi connectivity index (χ0n) is 13.7. The first kappa shape index (κ1) is 17.1. The monoisotopic (exact) mass is 317 g/mol. The summed E-state index contributed by atoms with van der Waals surface area (Å²) in [6, 6.07) is 7.33. The number of methoxy groups -OCH3 is 1. The van der Waals surface area contributed by atoms with Gasteiger partial charge in [-0.05, 0) is 42.5 Å².